The molecule has 0 aliphatic heterocycles. The maximum Gasteiger partial charge on any atom is 0.433 e. The van der Waals surface area contributed by atoms with Crippen molar-refractivity contribution in [1.29, 1.82) is 0 Å². The molecule has 0 unspecified atom stereocenters. The first-order valence-corrected chi connectivity index (χ1v) is 5.68. The van der Waals surface area contributed by atoms with E-state index < -0.39 is 11.9 Å². The van der Waals surface area contributed by atoms with Crippen molar-refractivity contribution in [2.75, 3.05) is 0 Å². The van der Waals surface area contributed by atoms with Crippen LogP contribution in [0.3, 0.4) is 0 Å². The normalized spacial score (nSPS) is 11.4. The molecule has 100 valence electrons. The quantitative estimate of drug-likeness (QED) is 0.839. The Kier molecular flexibility index (Phi) is 3.74. The Morgan fingerprint density at radius 3 is 2.32 bits per heavy atom. The summed E-state index contributed by atoms with van der Waals surface area (Å²) in [5.41, 5.74) is 0.268. The molecular formula is C14H12F3NO. The fraction of sp³-hybridized carbons (Fsp3) is 0.214. The lowest BCUT2D eigenvalue weighted by Crippen LogP contribution is -2.09. The molecule has 2 aromatic rings. The van der Waals surface area contributed by atoms with Crippen LogP contribution in [-0.2, 0) is 12.8 Å². The van der Waals surface area contributed by atoms with E-state index in [-0.39, 0.29) is 5.69 Å². The number of hydrogen-bond acceptors (Lipinski definition) is 2. The Balaban J connectivity index is 2.10. The zero-order chi connectivity index (χ0) is 13.9. The number of rotatable bonds is 3. The van der Waals surface area contributed by atoms with E-state index >= 15 is 0 Å². The van der Waals surface area contributed by atoms with Gasteiger partial charge in [-0.1, -0.05) is 30.3 Å². The smallest absolute Gasteiger partial charge is 0.433 e. The zero-order valence-corrected chi connectivity index (χ0v) is 10.2. The lowest BCUT2D eigenvalue weighted by atomic mass is 10.2. The summed E-state index contributed by atoms with van der Waals surface area (Å²) in [4.78, 5) is 3.51. The summed E-state index contributed by atoms with van der Waals surface area (Å²) >= 11 is 0. The second-order valence-electron chi connectivity index (χ2n) is 4.05. The van der Waals surface area contributed by atoms with E-state index in [1.807, 2.05) is 30.3 Å². The molecular weight excluding hydrogens is 255 g/mol. The van der Waals surface area contributed by atoms with Crippen molar-refractivity contribution < 1.29 is 17.9 Å². The van der Waals surface area contributed by atoms with Crippen LogP contribution in [0.5, 0.6) is 5.75 Å². The fourth-order valence-corrected chi connectivity index (χ4v) is 1.59. The molecule has 0 spiro atoms. The molecule has 0 N–H and O–H groups in total. The van der Waals surface area contributed by atoms with Crippen molar-refractivity contribution in [3.8, 4) is 5.75 Å². The highest BCUT2D eigenvalue weighted by Gasteiger charge is 2.32. The number of nitrogens with zero attached hydrogens (tertiary/aromatic N) is 1. The summed E-state index contributed by atoms with van der Waals surface area (Å²) in [7, 11) is 0. The number of halogens is 3. The van der Waals surface area contributed by atoms with Crippen LogP contribution in [0.1, 0.15) is 17.0 Å². The molecule has 0 amide bonds. The largest absolute Gasteiger partial charge is 0.487 e. The van der Waals surface area contributed by atoms with Crippen molar-refractivity contribution in [2.24, 2.45) is 0 Å². The molecule has 2 nitrogen and oxygen atoms in total. The minimum atomic E-state index is -4.43. The summed E-state index contributed by atoms with van der Waals surface area (Å²) in [5.74, 6) is 0.358. The molecule has 2 rings (SSSR count). The minimum Gasteiger partial charge on any atom is -0.487 e. The molecule has 1 aromatic carbocycles. The van der Waals surface area contributed by atoms with E-state index in [1.54, 1.807) is 0 Å². The number of ether oxygens (including phenoxy) is 1. The van der Waals surface area contributed by atoms with Gasteiger partial charge in [0.2, 0.25) is 0 Å². The Morgan fingerprint density at radius 1 is 1.05 bits per heavy atom. The Bertz CT molecular complexity index is 552. The van der Waals surface area contributed by atoms with Gasteiger partial charge < -0.3 is 4.74 Å². The van der Waals surface area contributed by atoms with Crippen LogP contribution < -0.4 is 4.74 Å². The van der Waals surface area contributed by atoms with Crippen molar-refractivity contribution in [1.82, 2.24) is 4.98 Å². The van der Waals surface area contributed by atoms with E-state index in [0.717, 1.165) is 11.6 Å². The van der Waals surface area contributed by atoms with Crippen LogP contribution >= 0.6 is 0 Å². The fourth-order valence-electron chi connectivity index (χ4n) is 1.59. The highest BCUT2D eigenvalue weighted by Crippen LogP contribution is 2.29. The molecule has 0 aliphatic carbocycles. The molecule has 5 heteroatoms. The molecule has 0 saturated heterocycles. The predicted octanol–water partition coefficient (Wildman–Crippen LogP) is 3.99. The van der Waals surface area contributed by atoms with Gasteiger partial charge in [0.25, 0.3) is 0 Å². The van der Waals surface area contributed by atoms with E-state index in [4.69, 9.17) is 4.74 Å². The van der Waals surface area contributed by atoms with Crippen LogP contribution in [-0.4, -0.2) is 4.98 Å². The molecule has 0 aliphatic rings. The third-order valence-corrected chi connectivity index (χ3v) is 2.56. The lowest BCUT2D eigenvalue weighted by molar-refractivity contribution is -0.141. The van der Waals surface area contributed by atoms with E-state index in [2.05, 4.69) is 4.98 Å². The maximum atomic E-state index is 12.4. The van der Waals surface area contributed by atoms with Crippen LogP contribution in [0.4, 0.5) is 13.2 Å². The molecule has 19 heavy (non-hydrogen) atoms. The number of benzene rings is 1. The second kappa shape index (κ2) is 5.30. The standard InChI is InChI=1S/C14H12F3NO/c1-10-12(7-8-13(18-10)14(15,16)17)19-9-11-5-3-2-4-6-11/h2-8H,9H2,1H3. The average molecular weight is 267 g/mol. The topological polar surface area (TPSA) is 22.1 Å². The highest BCUT2D eigenvalue weighted by atomic mass is 19.4. The zero-order valence-electron chi connectivity index (χ0n) is 10.2. The second-order valence-corrected chi connectivity index (χ2v) is 4.05. The van der Waals surface area contributed by atoms with E-state index in [1.165, 1.54) is 13.0 Å². The molecule has 0 saturated carbocycles. The van der Waals surface area contributed by atoms with Gasteiger partial charge in [0.15, 0.2) is 0 Å². The summed E-state index contributed by atoms with van der Waals surface area (Å²) < 4.78 is 42.8. The summed E-state index contributed by atoms with van der Waals surface area (Å²) in [6, 6.07) is 11.6. The van der Waals surface area contributed by atoms with Gasteiger partial charge >= 0.3 is 6.18 Å². The van der Waals surface area contributed by atoms with Crippen molar-refractivity contribution in [2.45, 2.75) is 19.7 Å². The molecule has 0 atom stereocenters. The Labute approximate surface area is 108 Å². The first-order valence-electron chi connectivity index (χ1n) is 5.68. The van der Waals surface area contributed by atoms with Gasteiger partial charge in [0.1, 0.15) is 18.1 Å². The first kappa shape index (κ1) is 13.4. The van der Waals surface area contributed by atoms with Crippen LogP contribution in [0, 0.1) is 6.92 Å². The Morgan fingerprint density at radius 2 is 1.74 bits per heavy atom. The van der Waals surface area contributed by atoms with Gasteiger partial charge in [0.05, 0.1) is 5.69 Å². The molecule has 0 radical (unpaired) electrons. The Hall–Kier alpha value is -2.04. The molecule has 0 bridgehead atoms. The van der Waals surface area contributed by atoms with Crippen molar-refractivity contribution >= 4 is 0 Å². The van der Waals surface area contributed by atoms with Crippen LogP contribution in [0.25, 0.3) is 0 Å². The number of aryl methyl sites for hydroxylation is 1. The van der Waals surface area contributed by atoms with E-state index in [9.17, 15) is 13.2 Å². The third kappa shape index (κ3) is 3.47. The van der Waals surface area contributed by atoms with Crippen molar-refractivity contribution in [3.63, 3.8) is 0 Å². The third-order valence-electron chi connectivity index (χ3n) is 2.56. The van der Waals surface area contributed by atoms with Gasteiger partial charge in [0, 0.05) is 0 Å². The SMILES string of the molecule is Cc1nc(C(F)(F)F)ccc1OCc1ccccc1. The summed E-state index contributed by atoms with van der Waals surface area (Å²) in [6.07, 6.45) is -4.43. The maximum absolute atomic E-state index is 12.4. The minimum absolute atomic E-state index is 0.228. The van der Waals surface area contributed by atoms with Gasteiger partial charge in [-0.2, -0.15) is 13.2 Å². The van der Waals surface area contributed by atoms with Gasteiger partial charge in [-0.3, -0.25) is 0 Å². The average Bonchev–Trinajstić information content (AvgIpc) is 2.37. The van der Waals surface area contributed by atoms with Gasteiger partial charge in [-0.25, -0.2) is 4.98 Å². The molecule has 1 aromatic heterocycles. The number of pyridine rings is 1. The highest BCUT2D eigenvalue weighted by molar-refractivity contribution is 5.29. The molecule has 1 heterocycles. The van der Waals surface area contributed by atoms with Crippen LogP contribution in [0.15, 0.2) is 42.5 Å². The van der Waals surface area contributed by atoms with Gasteiger partial charge in [-0.05, 0) is 24.6 Å². The van der Waals surface area contributed by atoms with Crippen molar-refractivity contribution in [3.05, 3.63) is 59.4 Å². The summed E-state index contributed by atoms with van der Waals surface area (Å²) in [5, 5.41) is 0. The predicted molar refractivity (Wildman–Crippen MR) is 64.8 cm³/mol. The number of aromatic nitrogens is 1. The number of alkyl halides is 3. The van der Waals surface area contributed by atoms with Gasteiger partial charge in [-0.15, -0.1) is 0 Å². The lowest BCUT2D eigenvalue weighted by Gasteiger charge is -2.11. The summed E-state index contributed by atoms with van der Waals surface area (Å²) in [6.45, 7) is 1.80. The van der Waals surface area contributed by atoms with E-state index in [0.29, 0.717) is 12.4 Å². The monoisotopic (exact) mass is 267 g/mol. The molecule has 0 fully saturated rings. The first-order chi connectivity index (χ1) is 8.97. The van der Waals surface area contributed by atoms with Crippen LogP contribution in [0.2, 0.25) is 0 Å². The number of hydrogen-bond donors (Lipinski definition) is 0.